The molecule has 0 radical (unpaired) electrons. The molecule has 0 saturated carbocycles. The predicted octanol–water partition coefficient (Wildman–Crippen LogP) is 2.18. The molecule has 3 atom stereocenters. The van der Waals surface area contributed by atoms with Crippen LogP contribution < -0.4 is 18.9 Å². The SMILES string of the molecule is COc1ccc([C@@H](OC(C)=O)[C@H]2COC(=O)[C@]2(O)Cc2ccc3c(c2)OCO3)cc1OC. The molecule has 0 unspecified atom stereocenters. The van der Waals surface area contributed by atoms with Crippen LogP contribution in [0.3, 0.4) is 0 Å². The van der Waals surface area contributed by atoms with Gasteiger partial charge in [-0.3, -0.25) is 4.79 Å². The number of carbonyl (C=O) groups excluding carboxylic acids is 2. The number of fused-ring (bicyclic) bond motifs is 1. The molecule has 0 bridgehead atoms. The van der Waals surface area contributed by atoms with E-state index in [1.807, 2.05) is 0 Å². The van der Waals surface area contributed by atoms with E-state index in [9.17, 15) is 14.7 Å². The standard InChI is InChI=1S/C23H24O9/c1-13(24)32-21(15-5-7-17(27-2)19(9-15)28-3)16-11-29-22(25)23(16,26)10-14-4-6-18-20(8-14)31-12-30-18/h4-9,16,21,26H,10-12H2,1-3H3/t16-,21-,23+/m1/s1. The van der Waals surface area contributed by atoms with E-state index in [1.165, 1.54) is 21.1 Å². The summed E-state index contributed by atoms with van der Waals surface area (Å²) in [7, 11) is 3.00. The maximum atomic E-state index is 12.7. The van der Waals surface area contributed by atoms with Crippen LogP contribution in [0.4, 0.5) is 0 Å². The van der Waals surface area contributed by atoms with E-state index in [0.29, 0.717) is 34.1 Å². The van der Waals surface area contributed by atoms with Crippen molar-refractivity contribution in [3.05, 3.63) is 47.5 Å². The summed E-state index contributed by atoms with van der Waals surface area (Å²) in [4.78, 5) is 24.6. The van der Waals surface area contributed by atoms with Crippen molar-refractivity contribution in [1.82, 2.24) is 0 Å². The maximum absolute atomic E-state index is 12.7. The van der Waals surface area contributed by atoms with Gasteiger partial charge in [0.1, 0.15) is 12.7 Å². The second-order valence-corrected chi connectivity index (χ2v) is 7.64. The van der Waals surface area contributed by atoms with E-state index >= 15 is 0 Å². The maximum Gasteiger partial charge on any atom is 0.339 e. The van der Waals surface area contributed by atoms with Crippen molar-refractivity contribution in [2.75, 3.05) is 27.6 Å². The Morgan fingerprint density at radius 1 is 1.09 bits per heavy atom. The Kier molecular flexibility index (Phi) is 5.84. The van der Waals surface area contributed by atoms with Gasteiger partial charge in [-0.05, 0) is 35.4 Å². The summed E-state index contributed by atoms with van der Waals surface area (Å²) in [5, 5.41) is 11.5. The minimum Gasteiger partial charge on any atom is -0.493 e. The van der Waals surface area contributed by atoms with Crippen LogP contribution in [0.15, 0.2) is 36.4 Å². The van der Waals surface area contributed by atoms with Crippen LogP contribution >= 0.6 is 0 Å². The van der Waals surface area contributed by atoms with E-state index in [1.54, 1.807) is 36.4 Å². The Labute approximate surface area is 184 Å². The zero-order valence-electron chi connectivity index (χ0n) is 18.0. The van der Waals surface area contributed by atoms with E-state index < -0.39 is 29.6 Å². The third-order valence-electron chi connectivity index (χ3n) is 5.67. The summed E-state index contributed by atoms with van der Waals surface area (Å²) in [6.07, 6.45) is -1.02. The zero-order valence-corrected chi connectivity index (χ0v) is 18.0. The van der Waals surface area contributed by atoms with Gasteiger partial charge in [-0.25, -0.2) is 4.79 Å². The topological polar surface area (TPSA) is 110 Å². The lowest BCUT2D eigenvalue weighted by Gasteiger charge is -2.31. The first-order chi connectivity index (χ1) is 15.4. The van der Waals surface area contributed by atoms with Gasteiger partial charge in [0.2, 0.25) is 6.79 Å². The molecule has 1 fully saturated rings. The van der Waals surface area contributed by atoms with Crippen molar-refractivity contribution in [3.63, 3.8) is 0 Å². The molecule has 2 aromatic rings. The normalized spacial score (nSPS) is 22.2. The van der Waals surface area contributed by atoms with Crippen LogP contribution in [0, 0.1) is 5.92 Å². The largest absolute Gasteiger partial charge is 0.493 e. The number of ether oxygens (including phenoxy) is 6. The number of hydrogen-bond acceptors (Lipinski definition) is 9. The highest BCUT2D eigenvalue weighted by atomic mass is 16.7. The van der Waals surface area contributed by atoms with E-state index in [4.69, 9.17) is 28.4 Å². The molecule has 2 aliphatic heterocycles. The molecule has 0 spiro atoms. The van der Waals surface area contributed by atoms with Crippen LogP contribution in [0.5, 0.6) is 23.0 Å². The van der Waals surface area contributed by atoms with Gasteiger partial charge in [-0.15, -0.1) is 0 Å². The lowest BCUT2D eigenvalue weighted by Crippen LogP contribution is -2.46. The molecule has 1 saturated heterocycles. The lowest BCUT2D eigenvalue weighted by atomic mass is 9.79. The number of aliphatic hydroxyl groups is 1. The molecule has 0 aromatic heterocycles. The van der Waals surface area contributed by atoms with Gasteiger partial charge in [0, 0.05) is 13.3 Å². The summed E-state index contributed by atoms with van der Waals surface area (Å²) in [6.45, 7) is 1.26. The minimum atomic E-state index is -1.93. The molecule has 4 rings (SSSR count). The van der Waals surface area contributed by atoms with Gasteiger partial charge in [0.15, 0.2) is 28.6 Å². The molecule has 1 N–H and O–H groups in total. The Balaban J connectivity index is 1.69. The number of hydrogen-bond donors (Lipinski definition) is 1. The third kappa shape index (κ3) is 3.91. The second-order valence-electron chi connectivity index (χ2n) is 7.64. The number of cyclic esters (lactones) is 1. The van der Waals surface area contributed by atoms with E-state index in [-0.39, 0.29) is 19.8 Å². The molecule has 2 heterocycles. The number of rotatable bonds is 7. The summed E-state index contributed by atoms with van der Waals surface area (Å²) in [6, 6.07) is 10.2. The quantitative estimate of drug-likeness (QED) is 0.643. The van der Waals surface area contributed by atoms with Gasteiger partial charge in [-0.2, -0.15) is 0 Å². The summed E-state index contributed by atoms with van der Waals surface area (Å²) >= 11 is 0. The summed E-state index contributed by atoms with van der Waals surface area (Å²) < 4.78 is 32.1. The van der Waals surface area contributed by atoms with Gasteiger partial charge >= 0.3 is 11.9 Å². The highest BCUT2D eigenvalue weighted by Crippen LogP contribution is 2.44. The molecule has 2 aromatic carbocycles. The first-order valence-corrected chi connectivity index (χ1v) is 10.0. The second kappa shape index (κ2) is 8.58. The Morgan fingerprint density at radius 2 is 1.84 bits per heavy atom. The molecular formula is C23H24O9. The fraction of sp³-hybridized carbons (Fsp3) is 0.391. The number of methoxy groups -OCH3 is 2. The molecule has 9 nitrogen and oxygen atoms in total. The van der Waals surface area contributed by atoms with Gasteiger partial charge in [0.25, 0.3) is 0 Å². The Morgan fingerprint density at radius 3 is 2.56 bits per heavy atom. The molecule has 9 heteroatoms. The molecule has 2 aliphatic rings. The molecule has 0 aliphatic carbocycles. The number of esters is 2. The average Bonchev–Trinajstić information content (AvgIpc) is 3.35. The van der Waals surface area contributed by atoms with Crippen LogP contribution in [0.25, 0.3) is 0 Å². The number of benzene rings is 2. The van der Waals surface area contributed by atoms with Crippen molar-refractivity contribution < 1.29 is 43.1 Å². The van der Waals surface area contributed by atoms with Gasteiger partial charge in [-0.1, -0.05) is 12.1 Å². The van der Waals surface area contributed by atoms with Crippen molar-refractivity contribution >= 4 is 11.9 Å². The molecule has 170 valence electrons. The van der Waals surface area contributed by atoms with Crippen LogP contribution in [0.1, 0.15) is 24.2 Å². The first kappa shape index (κ1) is 21.8. The van der Waals surface area contributed by atoms with Gasteiger partial charge < -0.3 is 33.5 Å². The van der Waals surface area contributed by atoms with Gasteiger partial charge in [0.05, 0.1) is 20.1 Å². The average molecular weight is 444 g/mol. The first-order valence-electron chi connectivity index (χ1n) is 10.0. The van der Waals surface area contributed by atoms with Crippen LogP contribution in [0.2, 0.25) is 0 Å². The third-order valence-corrected chi connectivity index (χ3v) is 5.67. The fourth-order valence-corrected chi connectivity index (χ4v) is 4.07. The van der Waals surface area contributed by atoms with Crippen molar-refractivity contribution in [2.45, 2.75) is 25.0 Å². The Bertz CT molecular complexity index is 1030. The Hall–Kier alpha value is -3.46. The fourth-order valence-electron chi connectivity index (χ4n) is 4.07. The predicted molar refractivity (Wildman–Crippen MR) is 110 cm³/mol. The monoisotopic (exact) mass is 444 g/mol. The zero-order chi connectivity index (χ0) is 22.9. The smallest absolute Gasteiger partial charge is 0.339 e. The lowest BCUT2D eigenvalue weighted by molar-refractivity contribution is -0.162. The summed E-state index contributed by atoms with van der Waals surface area (Å²) in [5.74, 6) is -0.159. The number of carbonyl (C=O) groups is 2. The van der Waals surface area contributed by atoms with E-state index in [2.05, 4.69) is 0 Å². The minimum absolute atomic E-state index is 0.0573. The summed E-state index contributed by atoms with van der Waals surface area (Å²) in [5.41, 5.74) is -0.749. The van der Waals surface area contributed by atoms with Crippen LogP contribution in [-0.4, -0.2) is 50.3 Å². The highest BCUT2D eigenvalue weighted by molar-refractivity contribution is 5.82. The van der Waals surface area contributed by atoms with Crippen molar-refractivity contribution in [2.24, 2.45) is 5.92 Å². The molecule has 0 amide bonds. The molecule has 32 heavy (non-hydrogen) atoms. The molecular weight excluding hydrogens is 420 g/mol. The van der Waals surface area contributed by atoms with Crippen molar-refractivity contribution in [3.8, 4) is 23.0 Å². The highest BCUT2D eigenvalue weighted by Gasteiger charge is 2.55. The van der Waals surface area contributed by atoms with Crippen molar-refractivity contribution in [1.29, 1.82) is 0 Å². The van der Waals surface area contributed by atoms with E-state index in [0.717, 1.165) is 0 Å². The van der Waals surface area contributed by atoms with Crippen LogP contribution in [-0.2, 0) is 25.5 Å².